The van der Waals surface area contributed by atoms with Gasteiger partial charge in [-0.15, -0.1) is 6.58 Å². The lowest BCUT2D eigenvalue weighted by Gasteiger charge is -2.14. The van der Waals surface area contributed by atoms with Crippen molar-refractivity contribution in [3.8, 4) is 0 Å². The van der Waals surface area contributed by atoms with Crippen molar-refractivity contribution in [2.75, 3.05) is 0 Å². The Morgan fingerprint density at radius 2 is 2.27 bits per heavy atom. The van der Waals surface area contributed by atoms with Crippen LogP contribution in [-0.4, -0.2) is 12.4 Å². The van der Waals surface area contributed by atoms with Crippen molar-refractivity contribution in [1.29, 1.82) is 0 Å². The molecule has 0 amide bonds. The summed E-state index contributed by atoms with van der Waals surface area (Å²) in [5.74, 6) is 0. The number of hydrogen-bond donors (Lipinski definition) is 0. The van der Waals surface area contributed by atoms with Gasteiger partial charge in [-0.1, -0.05) is 18.2 Å². The monoisotopic (exact) mass is 204 g/mol. The van der Waals surface area contributed by atoms with Gasteiger partial charge in [0, 0.05) is 5.57 Å². The highest BCUT2D eigenvalue weighted by Gasteiger charge is 2.11. The van der Waals surface area contributed by atoms with Crippen LogP contribution in [0, 0.1) is 0 Å². The van der Waals surface area contributed by atoms with Gasteiger partial charge in [-0.2, -0.15) is 0 Å². The van der Waals surface area contributed by atoms with Gasteiger partial charge in [0.05, 0.1) is 6.26 Å². The Bertz CT molecular complexity index is 298. The third-order valence-corrected chi connectivity index (χ3v) is 2.16. The molecular weight excluding hydrogens is 188 g/mol. The van der Waals surface area contributed by atoms with Crippen molar-refractivity contribution in [2.45, 2.75) is 25.4 Å². The molecule has 0 aromatic carbocycles. The summed E-state index contributed by atoms with van der Waals surface area (Å²) in [6, 6.07) is 0. The van der Waals surface area contributed by atoms with E-state index in [-0.39, 0.29) is 6.10 Å². The van der Waals surface area contributed by atoms with Crippen molar-refractivity contribution in [3.05, 3.63) is 48.8 Å². The van der Waals surface area contributed by atoms with Crippen LogP contribution in [0.3, 0.4) is 0 Å². The number of hydrogen-bond acceptors (Lipinski definition) is 2. The summed E-state index contributed by atoms with van der Waals surface area (Å²) in [5, 5.41) is 0. The van der Waals surface area contributed by atoms with E-state index >= 15 is 0 Å². The van der Waals surface area contributed by atoms with E-state index in [0.717, 1.165) is 25.5 Å². The van der Waals surface area contributed by atoms with E-state index in [0.29, 0.717) is 5.57 Å². The molecule has 0 saturated heterocycles. The van der Waals surface area contributed by atoms with Crippen LogP contribution >= 0.6 is 0 Å². The standard InChI is InChI=1S/C13H16O2/c1-2-3-4-5-8-12(11-14)13-9-6-7-10-15-13/h2,6-11,13H,1,3-5H2/b12-8-. The molecule has 2 heteroatoms. The first-order valence-corrected chi connectivity index (χ1v) is 5.13. The van der Waals surface area contributed by atoms with E-state index in [1.807, 2.05) is 24.3 Å². The molecule has 0 aromatic heterocycles. The first-order valence-electron chi connectivity index (χ1n) is 5.13. The number of unbranched alkanes of at least 4 members (excludes halogenated alkanes) is 2. The summed E-state index contributed by atoms with van der Waals surface area (Å²) in [5.41, 5.74) is 0.694. The Hall–Kier alpha value is -1.57. The maximum Gasteiger partial charge on any atom is 0.149 e. The first-order chi connectivity index (χ1) is 7.38. The average Bonchev–Trinajstić information content (AvgIpc) is 2.30. The van der Waals surface area contributed by atoms with E-state index in [4.69, 9.17) is 4.74 Å². The predicted molar refractivity (Wildman–Crippen MR) is 61.3 cm³/mol. The summed E-state index contributed by atoms with van der Waals surface area (Å²) in [7, 11) is 0. The molecule has 0 spiro atoms. The molecule has 0 bridgehead atoms. The lowest BCUT2D eigenvalue weighted by atomic mass is 10.1. The molecule has 0 N–H and O–H groups in total. The first kappa shape index (κ1) is 11.5. The summed E-state index contributed by atoms with van der Waals surface area (Å²) in [4.78, 5) is 10.8. The number of rotatable bonds is 6. The molecule has 1 unspecified atom stereocenters. The fourth-order valence-electron chi connectivity index (χ4n) is 1.34. The van der Waals surface area contributed by atoms with Crippen LogP contribution in [0.4, 0.5) is 0 Å². The molecule has 0 aliphatic carbocycles. The minimum Gasteiger partial charge on any atom is -0.489 e. The highest BCUT2D eigenvalue weighted by Crippen LogP contribution is 2.12. The Morgan fingerprint density at radius 1 is 1.40 bits per heavy atom. The van der Waals surface area contributed by atoms with Crippen molar-refractivity contribution in [2.24, 2.45) is 0 Å². The maximum absolute atomic E-state index is 10.8. The number of carbonyl (C=O) groups excluding carboxylic acids is 1. The van der Waals surface area contributed by atoms with Gasteiger partial charge in [-0.3, -0.25) is 4.79 Å². The van der Waals surface area contributed by atoms with E-state index in [2.05, 4.69) is 6.58 Å². The van der Waals surface area contributed by atoms with Gasteiger partial charge in [0.25, 0.3) is 0 Å². The Morgan fingerprint density at radius 3 is 2.87 bits per heavy atom. The van der Waals surface area contributed by atoms with Gasteiger partial charge < -0.3 is 4.74 Å². The molecule has 1 aliphatic heterocycles. The highest BCUT2D eigenvalue weighted by molar-refractivity contribution is 5.75. The largest absolute Gasteiger partial charge is 0.489 e. The van der Waals surface area contributed by atoms with Crippen molar-refractivity contribution in [3.63, 3.8) is 0 Å². The molecule has 15 heavy (non-hydrogen) atoms. The zero-order chi connectivity index (χ0) is 10.9. The summed E-state index contributed by atoms with van der Waals surface area (Å²) in [6.07, 6.45) is 14.5. The van der Waals surface area contributed by atoms with Gasteiger partial charge in [0.15, 0.2) is 0 Å². The lowest BCUT2D eigenvalue weighted by Crippen LogP contribution is -2.12. The number of carbonyl (C=O) groups is 1. The van der Waals surface area contributed by atoms with Crippen molar-refractivity contribution < 1.29 is 9.53 Å². The van der Waals surface area contributed by atoms with Crippen LogP contribution in [0.2, 0.25) is 0 Å². The van der Waals surface area contributed by atoms with Gasteiger partial charge in [-0.05, 0) is 31.4 Å². The lowest BCUT2D eigenvalue weighted by molar-refractivity contribution is -0.105. The van der Waals surface area contributed by atoms with Gasteiger partial charge in [0.1, 0.15) is 12.4 Å². The van der Waals surface area contributed by atoms with Crippen LogP contribution in [0.15, 0.2) is 48.8 Å². The van der Waals surface area contributed by atoms with E-state index in [1.165, 1.54) is 0 Å². The van der Waals surface area contributed by atoms with Crippen LogP contribution in [0.1, 0.15) is 19.3 Å². The topological polar surface area (TPSA) is 26.3 Å². The number of aldehydes is 1. The zero-order valence-electron chi connectivity index (χ0n) is 8.76. The van der Waals surface area contributed by atoms with Gasteiger partial charge >= 0.3 is 0 Å². The summed E-state index contributed by atoms with van der Waals surface area (Å²) in [6.45, 7) is 3.65. The van der Waals surface area contributed by atoms with E-state index < -0.39 is 0 Å². The quantitative estimate of drug-likeness (QED) is 0.288. The second kappa shape index (κ2) is 6.82. The second-order valence-corrected chi connectivity index (χ2v) is 3.31. The molecular formula is C13H16O2. The van der Waals surface area contributed by atoms with Gasteiger partial charge in [-0.25, -0.2) is 0 Å². The van der Waals surface area contributed by atoms with Crippen LogP contribution in [0.25, 0.3) is 0 Å². The molecule has 1 rings (SSSR count). The molecule has 2 nitrogen and oxygen atoms in total. The SMILES string of the molecule is C=CCCC/C=C(/C=O)C1C=CC=CO1. The zero-order valence-corrected chi connectivity index (χ0v) is 8.76. The van der Waals surface area contributed by atoms with E-state index in [9.17, 15) is 4.79 Å². The molecule has 0 radical (unpaired) electrons. The minimum absolute atomic E-state index is 0.212. The normalized spacial score (nSPS) is 19.7. The smallest absolute Gasteiger partial charge is 0.149 e. The Balaban J connectivity index is 2.46. The molecule has 1 aliphatic rings. The Labute approximate surface area is 90.6 Å². The van der Waals surface area contributed by atoms with Gasteiger partial charge in [0.2, 0.25) is 0 Å². The van der Waals surface area contributed by atoms with Crippen LogP contribution < -0.4 is 0 Å². The highest BCUT2D eigenvalue weighted by atomic mass is 16.5. The van der Waals surface area contributed by atoms with Crippen LogP contribution in [0.5, 0.6) is 0 Å². The average molecular weight is 204 g/mol. The molecule has 0 fully saturated rings. The fraction of sp³-hybridized carbons (Fsp3) is 0.308. The maximum atomic E-state index is 10.8. The molecule has 0 aromatic rings. The molecule has 0 saturated carbocycles. The Kier molecular flexibility index (Phi) is 5.23. The molecule has 1 heterocycles. The fourth-order valence-corrected chi connectivity index (χ4v) is 1.34. The minimum atomic E-state index is -0.212. The molecule has 80 valence electrons. The summed E-state index contributed by atoms with van der Waals surface area (Å²) < 4.78 is 5.30. The number of ether oxygens (including phenoxy) is 1. The number of allylic oxidation sites excluding steroid dienone is 4. The van der Waals surface area contributed by atoms with Crippen molar-refractivity contribution >= 4 is 6.29 Å². The third-order valence-electron chi connectivity index (χ3n) is 2.16. The third kappa shape index (κ3) is 3.98. The molecule has 1 atom stereocenters. The van der Waals surface area contributed by atoms with Crippen molar-refractivity contribution in [1.82, 2.24) is 0 Å². The summed E-state index contributed by atoms with van der Waals surface area (Å²) >= 11 is 0. The second-order valence-electron chi connectivity index (χ2n) is 3.31. The predicted octanol–water partition coefficient (Wildman–Crippen LogP) is 2.94. The van der Waals surface area contributed by atoms with E-state index in [1.54, 1.807) is 12.3 Å². The van der Waals surface area contributed by atoms with Crippen LogP contribution in [-0.2, 0) is 9.53 Å².